The fraction of sp³-hybridized carbons (Fsp3) is 0.350. The van der Waals surface area contributed by atoms with Gasteiger partial charge < -0.3 is 16.4 Å². The van der Waals surface area contributed by atoms with Gasteiger partial charge in [0.15, 0.2) is 5.96 Å². The number of alkyl halides is 3. The van der Waals surface area contributed by atoms with E-state index in [1.807, 2.05) is 13.8 Å². The van der Waals surface area contributed by atoms with Gasteiger partial charge in [0.1, 0.15) is 5.82 Å². The Morgan fingerprint density at radius 3 is 2.32 bits per heavy atom. The summed E-state index contributed by atoms with van der Waals surface area (Å²) in [6, 6.07) is 10.7. The molecule has 2 aromatic carbocycles. The number of hydrogen-bond donors (Lipinski definition) is 3. The number of aliphatic imine (C=N–C) groups is 1. The molecule has 0 aliphatic heterocycles. The highest BCUT2D eigenvalue weighted by molar-refractivity contribution is 5.93. The smallest absolute Gasteiger partial charge is 0.356 e. The van der Waals surface area contributed by atoms with E-state index in [0.29, 0.717) is 30.3 Å². The zero-order valence-corrected chi connectivity index (χ0v) is 15.8. The Balaban J connectivity index is 2.14. The zero-order valence-electron chi connectivity index (χ0n) is 15.8. The number of benzene rings is 2. The second-order valence-corrected chi connectivity index (χ2v) is 7.22. The molecular weight excluding hydrogens is 372 g/mol. The van der Waals surface area contributed by atoms with E-state index in [-0.39, 0.29) is 12.0 Å². The molecule has 0 unspecified atom stereocenters. The molecule has 0 amide bonds. The van der Waals surface area contributed by atoms with Crippen molar-refractivity contribution in [2.45, 2.75) is 26.6 Å². The Bertz CT molecular complexity index is 799. The third-order valence-electron chi connectivity index (χ3n) is 4.08. The van der Waals surface area contributed by atoms with Gasteiger partial charge in [0.05, 0.1) is 12.1 Å². The molecule has 0 aromatic heterocycles. The number of nitrogens with two attached hydrogens (primary N) is 1. The van der Waals surface area contributed by atoms with E-state index in [1.54, 1.807) is 12.1 Å². The molecule has 0 heterocycles. The molecule has 0 saturated heterocycles. The van der Waals surface area contributed by atoms with E-state index in [9.17, 15) is 17.6 Å². The molecule has 0 spiro atoms. The largest absolute Gasteiger partial charge is 0.416 e. The summed E-state index contributed by atoms with van der Waals surface area (Å²) in [6.45, 7) is 5.08. The quantitative estimate of drug-likeness (QED) is 0.386. The average Bonchev–Trinajstić information content (AvgIpc) is 2.63. The summed E-state index contributed by atoms with van der Waals surface area (Å²) >= 11 is 0. The van der Waals surface area contributed by atoms with Gasteiger partial charge in [-0.3, -0.25) is 0 Å². The first-order valence-corrected chi connectivity index (χ1v) is 8.76. The van der Waals surface area contributed by atoms with E-state index in [2.05, 4.69) is 15.6 Å². The number of rotatable bonds is 6. The summed E-state index contributed by atoms with van der Waals surface area (Å²) in [7, 11) is 0. The second kappa shape index (κ2) is 9.05. The van der Waals surface area contributed by atoms with Crippen molar-refractivity contribution in [2.75, 3.05) is 18.4 Å². The Kier molecular flexibility index (Phi) is 7.01. The highest BCUT2D eigenvalue weighted by Crippen LogP contribution is 2.29. The summed E-state index contributed by atoms with van der Waals surface area (Å²) in [5.41, 5.74) is 5.96. The standard InChI is InChI=1S/C20H24F4N4/c1-19(2,12-25)13-27-18(28-17-5-3-4-16(21)10-17)26-11-14-6-8-15(9-7-14)20(22,23)24/h3-10H,11-13,25H2,1-2H3,(H2,26,27,28). The van der Waals surface area contributed by atoms with Crippen molar-refractivity contribution in [3.05, 3.63) is 65.5 Å². The lowest BCUT2D eigenvalue weighted by Crippen LogP contribution is -2.41. The van der Waals surface area contributed by atoms with E-state index in [4.69, 9.17) is 5.73 Å². The Morgan fingerprint density at radius 2 is 1.75 bits per heavy atom. The van der Waals surface area contributed by atoms with E-state index in [0.717, 1.165) is 12.1 Å². The monoisotopic (exact) mass is 396 g/mol. The van der Waals surface area contributed by atoms with Crippen LogP contribution in [-0.2, 0) is 12.7 Å². The molecule has 0 fully saturated rings. The normalized spacial score (nSPS) is 12.8. The van der Waals surface area contributed by atoms with Crippen LogP contribution in [0.5, 0.6) is 0 Å². The van der Waals surface area contributed by atoms with Crippen molar-refractivity contribution < 1.29 is 17.6 Å². The molecule has 28 heavy (non-hydrogen) atoms. The van der Waals surface area contributed by atoms with Gasteiger partial charge in [0.2, 0.25) is 0 Å². The zero-order chi connectivity index (χ0) is 20.8. The van der Waals surface area contributed by atoms with Gasteiger partial charge in [-0.15, -0.1) is 0 Å². The third-order valence-corrected chi connectivity index (χ3v) is 4.08. The van der Waals surface area contributed by atoms with Crippen LogP contribution in [0.4, 0.5) is 23.2 Å². The fourth-order valence-corrected chi connectivity index (χ4v) is 2.21. The molecule has 0 radical (unpaired) electrons. The van der Waals surface area contributed by atoms with Gasteiger partial charge in [0, 0.05) is 12.2 Å². The molecule has 0 saturated carbocycles. The summed E-state index contributed by atoms with van der Waals surface area (Å²) in [6.07, 6.45) is -4.37. The van der Waals surface area contributed by atoms with Crippen molar-refractivity contribution in [2.24, 2.45) is 16.1 Å². The predicted octanol–water partition coefficient (Wildman–Crippen LogP) is 4.39. The highest BCUT2D eigenvalue weighted by Gasteiger charge is 2.29. The van der Waals surface area contributed by atoms with Crippen LogP contribution in [-0.4, -0.2) is 19.0 Å². The average molecular weight is 396 g/mol. The van der Waals surface area contributed by atoms with Crippen LogP contribution >= 0.6 is 0 Å². The minimum Gasteiger partial charge on any atom is -0.356 e. The number of nitrogens with zero attached hydrogens (tertiary/aromatic N) is 1. The first kappa shape index (κ1) is 21.7. The van der Waals surface area contributed by atoms with Crippen LogP contribution in [0.3, 0.4) is 0 Å². The summed E-state index contributed by atoms with van der Waals surface area (Å²) in [5.74, 6) is -0.0126. The van der Waals surface area contributed by atoms with Crippen molar-refractivity contribution in [1.29, 1.82) is 0 Å². The van der Waals surface area contributed by atoms with Crippen LogP contribution in [0.15, 0.2) is 53.5 Å². The predicted molar refractivity (Wildman–Crippen MR) is 103 cm³/mol. The van der Waals surface area contributed by atoms with Gasteiger partial charge in [-0.1, -0.05) is 32.0 Å². The molecule has 0 bridgehead atoms. The van der Waals surface area contributed by atoms with Crippen molar-refractivity contribution in [1.82, 2.24) is 5.32 Å². The first-order valence-electron chi connectivity index (χ1n) is 8.76. The maximum absolute atomic E-state index is 13.4. The Morgan fingerprint density at radius 1 is 1.07 bits per heavy atom. The van der Waals surface area contributed by atoms with Crippen LogP contribution in [0, 0.1) is 11.2 Å². The third kappa shape index (κ3) is 6.84. The fourth-order valence-electron chi connectivity index (χ4n) is 2.21. The summed E-state index contributed by atoms with van der Waals surface area (Å²) < 4.78 is 51.4. The summed E-state index contributed by atoms with van der Waals surface area (Å²) in [5, 5.41) is 6.14. The van der Waals surface area contributed by atoms with Crippen molar-refractivity contribution in [3.63, 3.8) is 0 Å². The van der Waals surface area contributed by atoms with Crippen molar-refractivity contribution >= 4 is 11.6 Å². The van der Waals surface area contributed by atoms with Gasteiger partial charge in [-0.25, -0.2) is 9.38 Å². The number of guanidine groups is 1. The Hall–Kier alpha value is -2.61. The molecule has 8 heteroatoms. The molecule has 2 rings (SSSR count). The molecular formula is C20H24F4N4. The van der Waals surface area contributed by atoms with Crippen LogP contribution in [0.2, 0.25) is 0 Å². The van der Waals surface area contributed by atoms with E-state index >= 15 is 0 Å². The Labute approximate surface area is 161 Å². The molecule has 0 aliphatic rings. The highest BCUT2D eigenvalue weighted by atomic mass is 19.4. The molecule has 4 nitrogen and oxygen atoms in total. The topological polar surface area (TPSA) is 62.4 Å². The number of halogens is 4. The molecule has 4 N–H and O–H groups in total. The van der Waals surface area contributed by atoms with Gasteiger partial charge in [0.25, 0.3) is 0 Å². The van der Waals surface area contributed by atoms with E-state index in [1.165, 1.54) is 24.3 Å². The lowest BCUT2D eigenvalue weighted by Gasteiger charge is -2.24. The molecule has 0 atom stereocenters. The maximum Gasteiger partial charge on any atom is 0.416 e. The van der Waals surface area contributed by atoms with E-state index < -0.39 is 17.6 Å². The number of anilines is 1. The van der Waals surface area contributed by atoms with Crippen molar-refractivity contribution in [3.8, 4) is 0 Å². The second-order valence-electron chi connectivity index (χ2n) is 7.22. The summed E-state index contributed by atoms with van der Waals surface area (Å²) in [4.78, 5) is 4.40. The van der Waals surface area contributed by atoms with Gasteiger partial charge >= 0.3 is 6.18 Å². The van der Waals surface area contributed by atoms with Gasteiger partial charge in [-0.05, 0) is 47.9 Å². The first-order chi connectivity index (χ1) is 13.1. The molecule has 2 aromatic rings. The van der Waals surface area contributed by atoms with Crippen LogP contribution < -0.4 is 16.4 Å². The number of nitrogens with one attached hydrogen (secondary N) is 2. The molecule has 152 valence electrons. The lowest BCUT2D eigenvalue weighted by molar-refractivity contribution is -0.137. The van der Waals surface area contributed by atoms with Crippen LogP contribution in [0.1, 0.15) is 25.0 Å². The van der Waals surface area contributed by atoms with Gasteiger partial charge in [-0.2, -0.15) is 13.2 Å². The maximum atomic E-state index is 13.4. The minimum atomic E-state index is -4.37. The minimum absolute atomic E-state index is 0.159. The SMILES string of the molecule is CC(C)(CN)CNC(=NCc1ccc(C(F)(F)F)cc1)Nc1cccc(F)c1. The lowest BCUT2D eigenvalue weighted by atomic mass is 9.94. The van der Waals surface area contributed by atoms with Crippen LogP contribution in [0.25, 0.3) is 0 Å². The molecule has 0 aliphatic carbocycles. The number of hydrogen-bond acceptors (Lipinski definition) is 2.